The van der Waals surface area contributed by atoms with E-state index in [0.29, 0.717) is 33.9 Å². The SMILES string of the molecule is COc1cc(N2CCN(CC3CCN(CC4CCNCC4)CC3)CC2)ccc1Nc1ncc(Cl)c(Nc2ccccc2N(C)S(C)(=O)=O)n1. The second kappa shape index (κ2) is 16.1. The van der Waals surface area contributed by atoms with Gasteiger partial charge in [0.15, 0.2) is 5.82 Å². The molecule has 0 radical (unpaired) electrons. The number of nitrogens with one attached hydrogen (secondary N) is 3. The molecule has 0 bridgehead atoms. The van der Waals surface area contributed by atoms with Gasteiger partial charge in [0.1, 0.15) is 10.8 Å². The Morgan fingerprint density at radius 1 is 0.918 bits per heavy atom. The Bertz CT molecular complexity index is 1660. The molecular formula is C35H50ClN9O3S. The number of likely N-dealkylation sites (tertiary alicyclic amines) is 1. The molecule has 3 fully saturated rings. The minimum Gasteiger partial charge on any atom is -0.494 e. The third-order valence-electron chi connectivity index (χ3n) is 10.1. The number of anilines is 6. The van der Waals surface area contributed by atoms with E-state index in [1.165, 1.54) is 82.5 Å². The molecule has 6 rings (SSSR count). The van der Waals surface area contributed by atoms with E-state index >= 15 is 0 Å². The molecule has 3 saturated heterocycles. The third-order valence-corrected chi connectivity index (χ3v) is 11.6. The highest BCUT2D eigenvalue weighted by molar-refractivity contribution is 7.92. The van der Waals surface area contributed by atoms with E-state index < -0.39 is 10.0 Å². The monoisotopic (exact) mass is 711 g/mol. The summed E-state index contributed by atoms with van der Waals surface area (Å²) in [6.07, 6.45) is 7.96. The molecule has 0 amide bonds. The number of hydrogen-bond donors (Lipinski definition) is 3. The minimum absolute atomic E-state index is 0.293. The van der Waals surface area contributed by atoms with Gasteiger partial charge in [-0.1, -0.05) is 23.7 Å². The molecule has 0 atom stereocenters. The van der Waals surface area contributed by atoms with Crippen LogP contribution in [0.1, 0.15) is 25.7 Å². The first-order valence-electron chi connectivity index (χ1n) is 17.3. The van der Waals surface area contributed by atoms with Gasteiger partial charge in [-0.15, -0.1) is 0 Å². The van der Waals surface area contributed by atoms with Crippen LogP contribution in [0.25, 0.3) is 0 Å². The van der Waals surface area contributed by atoms with Gasteiger partial charge in [-0.3, -0.25) is 9.21 Å². The average molecular weight is 712 g/mol. The summed E-state index contributed by atoms with van der Waals surface area (Å²) in [7, 11) is -0.313. The van der Waals surface area contributed by atoms with Crippen molar-refractivity contribution in [1.29, 1.82) is 0 Å². The maximum atomic E-state index is 12.2. The predicted octanol–water partition coefficient (Wildman–Crippen LogP) is 4.86. The number of rotatable bonds is 12. The van der Waals surface area contributed by atoms with Crippen molar-refractivity contribution in [2.75, 3.05) is 106 Å². The number of halogens is 1. The number of methoxy groups -OCH3 is 1. The molecule has 3 N–H and O–H groups in total. The molecule has 0 saturated carbocycles. The first kappa shape index (κ1) is 35.5. The highest BCUT2D eigenvalue weighted by Gasteiger charge is 2.26. The molecule has 1 aromatic heterocycles. The molecule has 0 aliphatic carbocycles. The Hall–Kier alpha value is -3.36. The number of para-hydroxylation sites is 2. The van der Waals surface area contributed by atoms with Crippen LogP contribution in [-0.4, -0.2) is 114 Å². The van der Waals surface area contributed by atoms with Gasteiger partial charge in [0.05, 0.1) is 36.6 Å². The number of sulfonamides is 1. The number of piperidine rings is 2. The second-order valence-electron chi connectivity index (χ2n) is 13.5. The summed E-state index contributed by atoms with van der Waals surface area (Å²) in [5.41, 5.74) is 2.86. The van der Waals surface area contributed by atoms with Crippen molar-refractivity contribution >= 4 is 56.1 Å². The summed E-state index contributed by atoms with van der Waals surface area (Å²) in [6, 6.07) is 13.2. The van der Waals surface area contributed by atoms with E-state index in [1.54, 1.807) is 25.3 Å². The molecule has 2 aromatic carbocycles. The number of benzene rings is 2. The second-order valence-corrected chi connectivity index (χ2v) is 15.9. The van der Waals surface area contributed by atoms with Gasteiger partial charge in [0.25, 0.3) is 0 Å². The van der Waals surface area contributed by atoms with Gasteiger partial charge in [-0.25, -0.2) is 13.4 Å². The highest BCUT2D eigenvalue weighted by Crippen LogP contribution is 2.35. The fourth-order valence-corrected chi connectivity index (χ4v) is 7.77. The molecule has 49 heavy (non-hydrogen) atoms. The fourth-order valence-electron chi connectivity index (χ4n) is 7.11. The van der Waals surface area contributed by atoms with E-state index in [-0.39, 0.29) is 0 Å². The van der Waals surface area contributed by atoms with Crippen LogP contribution < -0.4 is 29.9 Å². The Labute approximate surface area is 296 Å². The van der Waals surface area contributed by atoms with Gasteiger partial charge in [-0.05, 0) is 88.0 Å². The lowest BCUT2D eigenvalue weighted by molar-refractivity contribution is 0.121. The van der Waals surface area contributed by atoms with Crippen LogP contribution >= 0.6 is 11.6 Å². The topological polar surface area (TPSA) is 118 Å². The normalized spacial score (nSPS) is 18.7. The number of aromatic nitrogens is 2. The maximum Gasteiger partial charge on any atom is 0.232 e. The van der Waals surface area contributed by atoms with Crippen LogP contribution in [0.15, 0.2) is 48.7 Å². The zero-order valence-corrected chi connectivity index (χ0v) is 30.4. The molecular weight excluding hydrogens is 662 g/mol. The first-order valence-corrected chi connectivity index (χ1v) is 19.6. The van der Waals surface area contributed by atoms with Crippen molar-refractivity contribution in [1.82, 2.24) is 25.1 Å². The Balaban J connectivity index is 1.03. The van der Waals surface area contributed by atoms with E-state index in [9.17, 15) is 8.42 Å². The van der Waals surface area contributed by atoms with Gasteiger partial charge in [0.2, 0.25) is 16.0 Å². The van der Waals surface area contributed by atoms with Crippen LogP contribution in [0.3, 0.4) is 0 Å². The predicted molar refractivity (Wildman–Crippen MR) is 200 cm³/mol. The summed E-state index contributed by atoms with van der Waals surface area (Å²) < 4.78 is 31.4. The summed E-state index contributed by atoms with van der Waals surface area (Å²) in [5.74, 6) is 3.02. The van der Waals surface area contributed by atoms with E-state index in [0.717, 1.165) is 55.6 Å². The summed E-state index contributed by atoms with van der Waals surface area (Å²) in [5, 5.41) is 10.2. The van der Waals surface area contributed by atoms with E-state index in [4.69, 9.17) is 16.3 Å². The van der Waals surface area contributed by atoms with Gasteiger partial charge in [-0.2, -0.15) is 4.98 Å². The minimum atomic E-state index is -3.47. The summed E-state index contributed by atoms with van der Waals surface area (Å²) in [6.45, 7) is 11.5. The lowest BCUT2D eigenvalue weighted by atomic mass is 9.93. The van der Waals surface area contributed by atoms with Gasteiger partial charge in [0, 0.05) is 58.1 Å². The Kier molecular flexibility index (Phi) is 11.7. The van der Waals surface area contributed by atoms with E-state index in [1.807, 2.05) is 12.1 Å². The van der Waals surface area contributed by atoms with Gasteiger partial charge < -0.3 is 30.5 Å². The standard InChI is InChI=1S/C35H50ClN9O3S/c1-42(49(3,46)47)32-7-5-4-6-30(32)39-34-29(36)23-38-35(41-34)40-31-9-8-28(22-33(31)48-2)45-20-18-44(19-21-45)25-27-12-16-43(17-13-27)24-26-10-14-37-15-11-26/h4-9,22-23,26-27,37H,10-21,24-25H2,1-3H3,(H2,38,39,40,41). The van der Waals surface area contributed by atoms with Crippen LogP contribution in [0.5, 0.6) is 5.75 Å². The average Bonchev–Trinajstić information content (AvgIpc) is 3.11. The molecule has 4 heterocycles. The van der Waals surface area contributed by atoms with Crippen LogP contribution in [0.2, 0.25) is 5.02 Å². The van der Waals surface area contributed by atoms with Crippen LogP contribution in [0.4, 0.5) is 34.5 Å². The lowest BCUT2D eigenvalue weighted by Gasteiger charge is -2.40. The van der Waals surface area contributed by atoms with Gasteiger partial charge >= 0.3 is 0 Å². The van der Waals surface area contributed by atoms with Crippen molar-refractivity contribution in [3.8, 4) is 5.75 Å². The molecule has 0 unspecified atom stereocenters. The molecule has 3 aliphatic rings. The molecule has 3 aromatic rings. The van der Waals surface area contributed by atoms with Crippen LogP contribution in [0, 0.1) is 11.8 Å². The molecule has 14 heteroatoms. The Morgan fingerprint density at radius 2 is 1.59 bits per heavy atom. The summed E-state index contributed by atoms with van der Waals surface area (Å²) in [4.78, 5) is 16.8. The largest absolute Gasteiger partial charge is 0.494 e. The number of piperazine rings is 1. The maximum absolute atomic E-state index is 12.2. The zero-order chi connectivity index (χ0) is 34.4. The molecule has 12 nitrogen and oxygen atoms in total. The molecule has 266 valence electrons. The van der Waals surface area contributed by atoms with Crippen molar-refractivity contribution < 1.29 is 13.2 Å². The van der Waals surface area contributed by atoms with E-state index in [2.05, 4.69) is 52.8 Å². The smallest absolute Gasteiger partial charge is 0.232 e. The number of ether oxygens (including phenoxy) is 1. The van der Waals surface area contributed by atoms with Crippen molar-refractivity contribution in [3.05, 3.63) is 53.7 Å². The molecule has 3 aliphatic heterocycles. The Morgan fingerprint density at radius 3 is 2.29 bits per heavy atom. The summed E-state index contributed by atoms with van der Waals surface area (Å²) >= 11 is 6.46. The zero-order valence-electron chi connectivity index (χ0n) is 28.9. The van der Waals surface area contributed by atoms with Crippen molar-refractivity contribution in [2.45, 2.75) is 25.7 Å². The first-order chi connectivity index (χ1) is 23.7. The van der Waals surface area contributed by atoms with Crippen molar-refractivity contribution in [3.63, 3.8) is 0 Å². The lowest BCUT2D eigenvalue weighted by Crippen LogP contribution is -2.49. The number of hydrogen-bond acceptors (Lipinski definition) is 11. The highest BCUT2D eigenvalue weighted by atomic mass is 35.5. The fraction of sp³-hybridized carbons (Fsp3) is 0.543. The quantitative estimate of drug-likeness (QED) is 0.239. The molecule has 0 spiro atoms. The van der Waals surface area contributed by atoms with Crippen molar-refractivity contribution in [2.24, 2.45) is 11.8 Å². The van der Waals surface area contributed by atoms with Crippen LogP contribution in [-0.2, 0) is 10.0 Å². The third kappa shape index (κ3) is 9.26. The number of nitrogens with zero attached hydrogens (tertiary/aromatic N) is 6.